The number of sulfonamides is 1. The van der Waals surface area contributed by atoms with E-state index >= 15 is 0 Å². The third-order valence-corrected chi connectivity index (χ3v) is 10.1. The highest BCUT2D eigenvalue weighted by atomic mass is 35.5. The molecule has 6 N–H and O–H groups in total. The molecule has 250 valence electrons. The molecule has 1 aromatic rings. The molecule has 4 rings (SSSR count). The number of benzene rings is 1. The summed E-state index contributed by atoms with van der Waals surface area (Å²) < 4.78 is 33.2. The Morgan fingerprint density at radius 2 is 1.52 bits per heavy atom. The Kier molecular flexibility index (Phi) is 16.2. The number of carboxylic acids is 1. The fraction of sp³-hybridized carbons (Fsp3) is 0.690. The van der Waals surface area contributed by atoms with Gasteiger partial charge in [-0.3, -0.25) is 14.4 Å². The number of carbonyl (C=O) groups is 3. The maximum atomic E-state index is 13.2. The van der Waals surface area contributed by atoms with E-state index in [4.69, 9.17) is 4.74 Å². The fourth-order valence-corrected chi connectivity index (χ4v) is 7.22. The lowest BCUT2D eigenvalue weighted by atomic mass is 9.84. The third kappa shape index (κ3) is 11.6. The largest absolute Gasteiger partial charge is 0.493 e. The van der Waals surface area contributed by atoms with Gasteiger partial charge in [0.2, 0.25) is 21.8 Å². The van der Waals surface area contributed by atoms with Crippen molar-refractivity contribution in [2.75, 3.05) is 45.9 Å². The van der Waals surface area contributed by atoms with Crippen LogP contribution in [-0.4, -0.2) is 83.2 Å². The maximum absolute atomic E-state index is 13.2. The maximum Gasteiger partial charge on any atom is 0.323 e. The second kappa shape index (κ2) is 18.7. The molecule has 3 heterocycles. The standard InChI is InChI=1S/C29H45N5O7S.2ClH/c35-27(32-18-25(29(37)38)34-42(39,40)24-5-6-26-23(17-24)11-16-41-26)19-33-28(36)22(3-1-20-7-12-30-13-8-20)4-2-21-9-14-31-15-10-21;;/h5-6,17,20-22,25,30-31,34H,1-4,7-16,18-19H2,(H,32,35)(H,33,36)(H,37,38);2*1H. The highest BCUT2D eigenvalue weighted by Gasteiger charge is 2.28. The second-order valence-electron chi connectivity index (χ2n) is 11.6. The lowest BCUT2D eigenvalue weighted by molar-refractivity contribution is -0.139. The molecule has 0 aliphatic carbocycles. The Morgan fingerprint density at radius 3 is 2.09 bits per heavy atom. The van der Waals surface area contributed by atoms with Gasteiger partial charge in [0.25, 0.3) is 0 Å². The number of fused-ring (bicyclic) bond motifs is 1. The van der Waals surface area contributed by atoms with Gasteiger partial charge >= 0.3 is 5.97 Å². The van der Waals surface area contributed by atoms with Crippen LogP contribution in [0, 0.1) is 17.8 Å². The summed E-state index contributed by atoms with van der Waals surface area (Å²) in [6.07, 6.45) is 8.54. The second-order valence-corrected chi connectivity index (χ2v) is 13.4. The van der Waals surface area contributed by atoms with Gasteiger partial charge in [0.05, 0.1) is 18.0 Å². The van der Waals surface area contributed by atoms with Gasteiger partial charge in [-0.25, -0.2) is 8.42 Å². The first-order chi connectivity index (χ1) is 20.2. The molecule has 0 radical (unpaired) electrons. The Bertz CT molecular complexity index is 1170. The Hall–Kier alpha value is -2.16. The summed E-state index contributed by atoms with van der Waals surface area (Å²) >= 11 is 0. The summed E-state index contributed by atoms with van der Waals surface area (Å²) in [6.45, 7) is 3.72. The first-order valence-electron chi connectivity index (χ1n) is 15.2. The molecule has 15 heteroatoms. The van der Waals surface area contributed by atoms with Gasteiger partial charge in [-0.1, -0.05) is 0 Å². The van der Waals surface area contributed by atoms with Crippen molar-refractivity contribution in [1.82, 2.24) is 26.0 Å². The van der Waals surface area contributed by atoms with Crippen LogP contribution in [0.25, 0.3) is 0 Å². The molecule has 2 amide bonds. The number of carboxylic acid groups (broad SMARTS) is 1. The lowest BCUT2D eigenvalue weighted by Gasteiger charge is -2.27. The van der Waals surface area contributed by atoms with Gasteiger partial charge in [-0.2, -0.15) is 4.72 Å². The predicted octanol–water partition coefficient (Wildman–Crippen LogP) is 1.60. The molecule has 12 nitrogen and oxygen atoms in total. The summed E-state index contributed by atoms with van der Waals surface area (Å²) in [4.78, 5) is 37.4. The summed E-state index contributed by atoms with van der Waals surface area (Å²) in [7, 11) is -4.16. The Morgan fingerprint density at radius 1 is 0.932 bits per heavy atom. The molecule has 3 aliphatic heterocycles. The van der Waals surface area contributed by atoms with Crippen molar-refractivity contribution in [3.05, 3.63) is 23.8 Å². The van der Waals surface area contributed by atoms with Crippen molar-refractivity contribution >= 4 is 52.6 Å². The minimum atomic E-state index is -4.16. The van der Waals surface area contributed by atoms with Crippen LogP contribution in [0.4, 0.5) is 0 Å². The first kappa shape index (κ1) is 38.0. The van der Waals surface area contributed by atoms with E-state index in [9.17, 15) is 27.9 Å². The molecular weight excluding hydrogens is 633 g/mol. The van der Waals surface area contributed by atoms with E-state index in [-0.39, 0.29) is 48.1 Å². The van der Waals surface area contributed by atoms with E-state index in [1.54, 1.807) is 6.07 Å². The lowest BCUT2D eigenvalue weighted by Crippen LogP contribution is -2.50. The number of halogens is 2. The molecule has 3 aliphatic rings. The highest BCUT2D eigenvalue weighted by Crippen LogP contribution is 2.28. The molecular formula is C29H47Cl2N5O7S. The average Bonchev–Trinajstić information content (AvgIpc) is 3.47. The van der Waals surface area contributed by atoms with Crippen LogP contribution >= 0.6 is 24.8 Å². The number of hydrogen-bond donors (Lipinski definition) is 6. The van der Waals surface area contributed by atoms with Crippen molar-refractivity contribution in [3.63, 3.8) is 0 Å². The molecule has 1 atom stereocenters. The van der Waals surface area contributed by atoms with Gasteiger partial charge in [0.1, 0.15) is 11.8 Å². The van der Waals surface area contributed by atoms with Crippen LogP contribution in [0.15, 0.2) is 23.1 Å². The fourth-order valence-electron chi connectivity index (χ4n) is 5.98. The van der Waals surface area contributed by atoms with E-state index < -0.39 is 34.5 Å². The zero-order chi connectivity index (χ0) is 30.0. The highest BCUT2D eigenvalue weighted by molar-refractivity contribution is 7.89. The number of aliphatic carboxylic acids is 1. The molecule has 0 aromatic heterocycles. The van der Waals surface area contributed by atoms with Gasteiger partial charge in [0.15, 0.2) is 0 Å². The van der Waals surface area contributed by atoms with Crippen molar-refractivity contribution < 1.29 is 32.6 Å². The van der Waals surface area contributed by atoms with E-state index in [0.29, 0.717) is 30.6 Å². The summed E-state index contributed by atoms with van der Waals surface area (Å²) in [5.74, 6) is -0.542. The first-order valence-corrected chi connectivity index (χ1v) is 16.7. The topological polar surface area (TPSA) is 175 Å². The van der Waals surface area contributed by atoms with Crippen molar-refractivity contribution in [1.29, 1.82) is 0 Å². The number of rotatable bonds is 15. The molecule has 44 heavy (non-hydrogen) atoms. The van der Waals surface area contributed by atoms with E-state index in [0.717, 1.165) is 83.1 Å². The van der Waals surface area contributed by atoms with E-state index in [1.807, 2.05) is 0 Å². The minimum absolute atomic E-state index is 0. The Labute approximate surface area is 272 Å². The number of carbonyl (C=O) groups excluding carboxylic acids is 2. The molecule has 2 saturated heterocycles. The van der Waals surface area contributed by atoms with Crippen LogP contribution < -0.4 is 30.7 Å². The average molecular weight is 681 g/mol. The van der Waals surface area contributed by atoms with Crippen molar-refractivity contribution in [2.24, 2.45) is 17.8 Å². The van der Waals surface area contributed by atoms with Crippen LogP contribution in [-0.2, 0) is 30.8 Å². The number of hydrogen-bond acceptors (Lipinski definition) is 8. The van der Waals surface area contributed by atoms with Gasteiger partial charge in [-0.15, -0.1) is 24.8 Å². The quantitative estimate of drug-likeness (QED) is 0.161. The summed E-state index contributed by atoms with van der Waals surface area (Å²) in [5, 5.41) is 21.5. The third-order valence-electron chi connectivity index (χ3n) is 8.63. The normalized spacial score (nSPS) is 17.8. The minimum Gasteiger partial charge on any atom is -0.493 e. The molecule has 1 unspecified atom stereocenters. The Balaban J connectivity index is 0.00000337. The molecule has 0 spiro atoms. The number of piperidine rings is 2. The molecule has 2 fully saturated rings. The zero-order valence-electron chi connectivity index (χ0n) is 25.0. The van der Waals surface area contributed by atoms with Crippen LogP contribution in [0.2, 0.25) is 0 Å². The van der Waals surface area contributed by atoms with Gasteiger partial charge in [0, 0.05) is 18.9 Å². The van der Waals surface area contributed by atoms with Crippen LogP contribution in [0.5, 0.6) is 5.75 Å². The van der Waals surface area contributed by atoms with Crippen LogP contribution in [0.3, 0.4) is 0 Å². The number of amides is 2. The molecule has 0 bridgehead atoms. The zero-order valence-corrected chi connectivity index (χ0v) is 27.4. The van der Waals surface area contributed by atoms with Crippen molar-refractivity contribution in [3.8, 4) is 5.75 Å². The summed E-state index contributed by atoms with van der Waals surface area (Å²) in [5.41, 5.74) is 0.735. The van der Waals surface area contributed by atoms with E-state index in [2.05, 4.69) is 26.0 Å². The SMILES string of the molecule is Cl.Cl.O=C(CNC(=O)C(CCC1CCNCC1)CCC1CCNCC1)NCC(NS(=O)(=O)c1ccc2c(c1)CCO2)C(=O)O. The smallest absolute Gasteiger partial charge is 0.323 e. The van der Waals surface area contributed by atoms with E-state index in [1.165, 1.54) is 12.1 Å². The van der Waals surface area contributed by atoms with Crippen molar-refractivity contribution in [2.45, 2.75) is 68.7 Å². The number of ether oxygens (including phenoxy) is 1. The monoisotopic (exact) mass is 679 g/mol. The molecule has 1 aromatic carbocycles. The van der Waals surface area contributed by atoms with Gasteiger partial charge < -0.3 is 31.1 Å². The molecule has 0 saturated carbocycles. The van der Waals surface area contributed by atoms with Gasteiger partial charge in [-0.05, 0) is 113 Å². The van der Waals surface area contributed by atoms with Crippen LogP contribution in [0.1, 0.15) is 56.9 Å². The predicted molar refractivity (Wildman–Crippen MR) is 171 cm³/mol. The number of nitrogens with one attached hydrogen (secondary N) is 5. The summed E-state index contributed by atoms with van der Waals surface area (Å²) in [6, 6.07) is 2.78.